The number of rotatable bonds is 16. The number of anilines is 1. The molecule has 0 aromatic heterocycles. The van der Waals surface area contributed by atoms with Crippen molar-refractivity contribution in [2.24, 2.45) is 0 Å². The maximum absolute atomic E-state index is 14.2. The van der Waals surface area contributed by atoms with Crippen molar-refractivity contribution in [2.45, 2.75) is 127 Å². The van der Waals surface area contributed by atoms with Gasteiger partial charge in [-0.25, -0.2) is 0 Å². The minimum absolute atomic E-state index is 0.0288. The Hall–Kier alpha value is -3.86. The lowest BCUT2D eigenvalue weighted by atomic mass is 9.89. The van der Waals surface area contributed by atoms with Crippen LogP contribution in [0.4, 0.5) is 5.69 Å². The minimum Gasteiger partial charge on any atom is -0.508 e. The van der Waals surface area contributed by atoms with Crippen LogP contribution in [0.5, 0.6) is 17.2 Å². The number of hydrogen-bond acceptors (Lipinski definition) is 14. The van der Waals surface area contributed by atoms with Gasteiger partial charge in [-0.3, -0.25) is 14.9 Å². The van der Waals surface area contributed by atoms with Gasteiger partial charge in [0.1, 0.15) is 23.5 Å². The van der Waals surface area contributed by atoms with E-state index in [4.69, 9.17) is 9.47 Å². The largest absolute Gasteiger partial charge is 0.508 e. The number of hydrogen-bond donors (Lipinski definition) is 8. The fourth-order valence-corrected chi connectivity index (χ4v) is 11.2. The third kappa shape index (κ3) is 13.1. The predicted molar refractivity (Wildman–Crippen MR) is 251 cm³/mol. The first-order valence-electron chi connectivity index (χ1n) is 22.2. The molecule has 3 atom stereocenters. The van der Waals surface area contributed by atoms with Crippen LogP contribution in [0.2, 0.25) is 0 Å². The van der Waals surface area contributed by atoms with Crippen molar-refractivity contribution in [3.8, 4) is 28.4 Å². The van der Waals surface area contributed by atoms with Crippen molar-refractivity contribution in [2.75, 3.05) is 37.9 Å². The van der Waals surface area contributed by atoms with E-state index >= 15 is 0 Å². The first-order valence-corrected chi connectivity index (χ1v) is 24.7. The molecule has 4 aromatic carbocycles. The average molecular weight is 905 g/mol. The van der Waals surface area contributed by atoms with Crippen LogP contribution in [-0.2, 0) is 39.5 Å². The smallest absolute Gasteiger partial charge is 0.168 e. The van der Waals surface area contributed by atoms with E-state index in [0.717, 1.165) is 64.3 Å². The molecule has 0 spiro atoms. The van der Waals surface area contributed by atoms with Crippen molar-refractivity contribution in [1.82, 2.24) is 5.32 Å². The highest BCUT2D eigenvalue weighted by molar-refractivity contribution is 8.76. The van der Waals surface area contributed by atoms with Crippen LogP contribution in [-0.4, -0.2) is 92.6 Å². The molecule has 4 aromatic rings. The Balaban J connectivity index is 1.33. The Morgan fingerprint density at radius 1 is 0.968 bits per heavy atom. The summed E-state index contributed by atoms with van der Waals surface area (Å²) < 4.78 is 12.8. The normalized spacial score (nSPS) is 19.0. The third-order valence-corrected chi connectivity index (χ3v) is 14.6. The number of ether oxygens (including phenoxy) is 2. The molecule has 63 heavy (non-hydrogen) atoms. The van der Waals surface area contributed by atoms with E-state index in [0.29, 0.717) is 85.6 Å². The molecule has 342 valence electrons. The van der Waals surface area contributed by atoms with Crippen molar-refractivity contribution in [1.29, 1.82) is 0 Å². The van der Waals surface area contributed by atoms with Crippen LogP contribution in [0.3, 0.4) is 0 Å². The van der Waals surface area contributed by atoms with Crippen molar-refractivity contribution >= 4 is 49.6 Å². The standard InChI is InChI=1S/C49H64N2O10S2/c1-31(54)27-51-44-24-34(7-5-22-52)42(23-35(44)28-53)48(50-21-6-20-49(59)18-3-4-19-49)61-39-15-14-38(57)29-62-63-30-43-40(16-10-32-8-12-37(56)26-41(32)43)46-33(9-13-36(55)25-39)11-17-45(58)47(46)60-2/h8,10-12,16-17,23-24,26,38-39,48,50-53,56-59H,3-7,9,13-15,18-22,25,27-30H2,1-2H3/t38-,39+,48-/m0/s1. The number of aliphatic hydroxyl groups is 4. The summed E-state index contributed by atoms with van der Waals surface area (Å²) in [6.07, 6.45) is 5.15. The summed E-state index contributed by atoms with van der Waals surface area (Å²) in [5, 5.41) is 73.0. The Morgan fingerprint density at radius 3 is 2.51 bits per heavy atom. The summed E-state index contributed by atoms with van der Waals surface area (Å²) in [5.41, 5.74) is 5.36. The summed E-state index contributed by atoms with van der Waals surface area (Å²) in [6, 6.07) is 16.4. The molecule has 2 aliphatic rings. The number of aryl methyl sites for hydroxylation is 2. The number of ketones is 2. The summed E-state index contributed by atoms with van der Waals surface area (Å²) in [4.78, 5) is 26.1. The van der Waals surface area contributed by atoms with Crippen LogP contribution in [0.15, 0.2) is 54.6 Å². The van der Waals surface area contributed by atoms with Gasteiger partial charge in [0.15, 0.2) is 11.5 Å². The summed E-state index contributed by atoms with van der Waals surface area (Å²) in [5.74, 6) is 1.24. The number of carbonyl (C=O) groups excluding carboxylic acids is 2. The molecular formula is C49H64N2O10S2. The van der Waals surface area contributed by atoms with E-state index < -0.39 is 24.0 Å². The molecule has 8 N–H and O–H groups in total. The number of phenolic OH excluding ortho intramolecular Hbond substituents is 2. The van der Waals surface area contributed by atoms with Gasteiger partial charge in [-0.2, -0.15) is 0 Å². The topological polar surface area (TPSA) is 198 Å². The Kier molecular flexibility index (Phi) is 18.0. The average Bonchev–Trinajstić information content (AvgIpc) is 3.71. The second-order valence-corrected chi connectivity index (χ2v) is 19.6. The van der Waals surface area contributed by atoms with Gasteiger partial charge in [0.25, 0.3) is 0 Å². The van der Waals surface area contributed by atoms with E-state index in [9.17, 15) is 40.2 Å². The van der Waals surface area contributed by atoms with Crippen molar-refractivity contribution < 1.29 is 49.7 Å². The molecule has 14 heteroatoms. The Bertz CT molecular complexity index is 2180. The number of aromatic hydroxyl groups is 2. The fraction of sp³-hybridized carbons (Fsp3) is 0.510. The molecule has 1 saturated carbocycles. The quantitative estimate of drug-likeness (QED) is 0.0306. The zero-order valence-corrected chi connectivity index (χ0v) is 38.1. The number of carbonyl (C=O) groups is 2. The number of phenols is 2. The highest BCUT2D eigenvalue weighted by Gasteiger charge is 2.31. The highest BCUT2D eigenvalue weighted by atomic mass is 33.1. The van der Waals surface area contributed by atoms with Gasteiger partial charge in [0, 0.05) is 47.8 Å². The Morgan fingerprint density at radius 2 is 1.76 bits per heavy atom. The van der Waals surface area contributed by atoms with Crippen LogP contribution in [0.25, 0.3) is 21.9 Å². The van der Waals surface area contributed by atoms with Crippen LogP contribution >= 0.6 is 21.6 Å². The fourth-order valence-electron chi connectivity index (χ4n) is 8.93. The second kappa shape index (κ2) is 23.4. The van der Waals surface area contributed by atoms with E-state index in [2.05, 4.69) is 10.6 Å². The number of benzene rings is 4. The maximum atomic E-state index is 14.2. The van der Waals surface area contributed by atoms with E-state index in [1.807, 2.05) is 36.4 Å². The first kappa shape index (κ1) is 48.6. The molecule has 0 radical (unpaired) electrons. The molecule has 1 fully saturated rings. The van der Waals surface area contributed by atoms with E-state index in [1.165, 1.54) is 24.8 Å². The molecular weight excluding hydrogens is 841 g/mol. The van der Waals surface area contributed by atoms with Crippen molar-refractivity contribution in [3.63, 3.8) is 0 Å². The van der Waals surface area contributed by atoms with E-state index in [1.54, 1.807) is 29.0 Å². The highest BCUT2D eigenvalue weighted by Crippen LogP contribution is 2.46. The van der Waals surface area contributed by atoms with Crippen molar-refractivity contribution in [3.05, 3.63) is 82.4 Å². The third-order valence-electron chi connectivity index (χ3n) is 12.3. The molecule has 6 rings (SSSR count). The molecule has 12 nitrogen and oxygen atoms in total. The summed E-state index contributed by atoms with van der Waals surface area (Å²) >= 11 is 0. The van der Waals surface area contributed by atoms with Gasteiger partial charge in [0.2, 0.25) is 0 Å². The zero-order valence-electron chi connectivity index (χ0n) is 36.5. The number of methoxy groups -OCH3 is 1. The minimum atomic E-state index is -0.742. The monoisotopic (exact) mass is 904 g/mol. The van der Waals surface area contributed by atoms with Gasteiger partial charge in [-0.05, 0) is 140 Å². The van der Waals surface area contributed by atoms with Crippen LogP contribution in [0.1, 0.15) is 112 Å². The SMILES string of the molecule is COc1c(O)ccc2c1-c1ccc3ccc(O)cc3c1CSSC[C@@H](O)CC[C@@H](O[C@H](NCCCC1(O)CCCC1)c1cc(CO)c(NCC(C)=O)cc1CCCO)CC(=O)CC2. The van der Waals surface area contributed by atoms with Gasteiger partial charge in [-0.15, -0.1) is 0 Å². The Labute approximate surface area is 378 Å². The van der Waals surface area contributed by atoms with Gasteiger partial charge in [0.05, 0.1) is 38.1 Å². The van der Waals surface area contributed by atoms with E-state index in [-0.39, 0.29) is 55.7 Å². The summed E-state index contributed by atoms with van der Waals surface area (Å²) in [7, 11) is 4.64. The summed E-state index contributed by atoms with van der Waals surface area (Å²) in [6.45, 7) is 1.74. The lowest BCUT2D eigenvalue weighted by molar-refractivity contribution is -0.124. The molecule has 1 aliphatic carbocycles. The van der Waals surface area contributed by atoms with Crippen LogP contribution in [0, 0.1) is 0 Å². The molecule has 0 bridgehead atoms. The molecule has 1 aliphatic heterocycles. The number of fused-ring (bicyclic) bond motifs is 5. The zero-order chi connectivity index (χ0) is 44.9. The number of aliphatic hydroxyl groups excluding tert-OH is 3. The van der Waals surface area contributed by atoms with Crippen LogP contribution < -0.4 is 15.4 Å². The molecule has 0 amide bonds. The lowest BCUT2D eigenvalue weighted by Crippen LogP contribution is -2.33. The predicted octanol–water partition coefficient (Wildman–Crippen LogP) is 8.03. The van der Waals surface area contributed by atoms with Gasteiger partial charge >= 0.3 is 0 Å². The number of nitrogens with one attached hydrogen (secondary N) is 2. The first-order chi connectivity index (χ1) is 30.4. The lowest BCUT2D eigenvalue weighted by Gasteiger charge is -2.30. The van der Waals surface area contributed by atoms with Gasteiger partial charge in [-0.1, -0.05) is 58.7 Å². The second-order valence-electron chi connectivity index (χ2n) is 17.0. The number of Topliss-reactive ketones (excluding diaryl/α,β-unsaturated/α-hetero) is 2. The molecule has 0 unspecified atom stereocenters. The van der Waals surface area contributed by atoms with Gasteiger partial charge < -0.3 is 45.4 Å². The maximum Gasteiger partial charge on any atom is 0.168 e. The molecule has 0 saturated heterocycles. The molecule has 1 heterocycles.